The number of nitrogens with zero attached hydrogens (tertiary/aromatic N) is 1. The van der Waals surface area contributed by atoms with E-state index in [2.05, 4.69) is 30.4 Å². The average molecular weight is 348 g/mol. The first kappa shape index (κ1) is 17.9. The molecule has 134 valence electrons. The number of nitrogens with one attached hydrogen (secondary N) is 1. The van der Waals surface area contributed by atoms with E-state index in [4.69, 9.17) is 0 Å². The summed E-state index contributed by atoms with van der Waals surface area (Å²) in [5, 5.41) is 2.87. The summed E-state index contributed by atoms with van der Waals surface area (Å²) in [6.07, 6.45) is 2.45. The van der Waals surface area contributed by atoms with E-state index < -0.39 is 6.04 Å². The van der Waals surface area contributed by atoms with Crippen molar-refractivity contribution in [2.75, 3.05) is 13.1 Å². The molecule has 1 unspecified atom stereocenters. The third-order valence-corrected chi connectivity index (χ3v) is 4.73. The summed E-state index contributed by atoms with van der Waals surface area (Å²) in [4.78, 5) is 26.9. The Hall–Kier alpha value is -2.88. The summed E-state index contributed by atoms with van der Waals surface area (Å²) in [5.41, 5.74) is 4.34. The number of hydrogen-bond acceptors (Lipinski definition) is 2. The van der Waals surface area contributed by atoms with Crippen molar-refractivity contribution in [2.45, 2.75) is 26.3 Å². The van der Waals surface area contributed by atoms with Crippen LogP contribution in [0.3, 0.4) is 0 Å². The Kier molecular flexibility index (Phi) is 5.52. The van der Waals surface area contributed by atoms with Gasteiger partial charge in [-0.3, -0.25) is 9.59 Å². The van der Waals surface area contributed by atoms with Crippen LogP contribution in [0.2, 0.25) is 0 Å². The maximum Gasteiger partial charge on any atom is 0.250 e. The van der Waals surface area contributed by atoms with Crippen molar-refractivity contribution in [1.29, 1.82) is 0 Å². The average Bonchev–Trinajstić information content (AvgIpc) is 3.16. The highest BCUT2D eigenvalue weighted by Crippen LogP contribution is 2.26. The minimum Gasteiger partial charge on any atom is -0.341 e. The minimum absolute atomic E-state index is 0.0714. The fourth-order valence-electron chi connectivity index (χ4n) is 3.23. The van der Waals surface area contributed by atoms with Crippen molar-refractivity contribution in [3.05, 3.63) is 77.4 Å². The van der Waals surface area contributed by atoms with Gasteiger partial charge < -0.3 is 10.2 Å². The van der Waals surface area contributed by atoms with Gasteiger partial charge in [-0.25, -0.2) is 0 Å². The molecule has 0 saturated heterocycles. The van der Waals surface area contributed by atoms with Crippen molar-refractivity contribution >= 4 is 17.4 Å². The van der Waals surface area contributed by atoms with Crippen LogP contribution in [0, 0.1) is 6.92 Å². The van der Waals surface area contributed by atoms with Gasteiger partial charge in [0.15, 0.2) is 0 Å². The zero-order valence-corrected chi connectivity index (χ0v) is 15.2. The van der Waals surface area contributed by atoms with Crippen LogP contribution in [-0.2, 0) is 9.59 Å². The van der Waals surface area contributed by atoms with E-state index in [1.807, 2.05) is 42.5 Å². The summed E-state index contributed by atoms with van der Waals surface area (Å²) < 4.78 is 0. The van der Waals surface area contributed by atoms with Crippen molar-refractivity contribution < 1.29 is 9.59 Å². The van der Waals surface area contributed by atoms with Gasteiger partial charge in [0.2, 0.25) is 11.8 Å². The molecule has 4 nitrogen and oxygen atoms in total. The van der Waals surface area contributed by atoms with Gasteiger partial charge in [0.1, 0.15) is 6.04 Å². The van der Waals surface area contributed by atoms with Gasteiger partial charge in [0, 0.05) is 19.5 Å². The highest BCUT2D eigenvalue weighted by molar-refractivity contribution is 5.90. The van der Waals surface area contributed by atoms with Crippen LogP contribution in [0.25, 0.3) is 5.57 Å². The Morgan fingerprint density at radius 2 is 1.77 bits per heavy atom. The largest absolute Gasteiger partial charge is 0.341 e. The summed E-state index contributed by atoms with van der Waals surface area (Å²) in [5.74, 6) is -0.198. The molecule has 26 heavy (non-hydrogen) atoms. The second-order valence-electron chi connectivity index (χ2n) is 6.53. The lowest BCUT2D eigenvalue weighted by atomic mass is 10.0. The van der Waals surface area contributed by atoms with Gasteiger partial charge in [0.25, 0.3) is 0 Å². The molecule has 0 saturated carbocycles. The molecule has 0 aliphatic carbocycles. The van der Waals surface area contributed by atoms with E-state index in [0.717, 1.165) is 11.1 Å². The van der Waals surface area contributed by atoms with E-state index in [1.54, 1.807) is 11.8 Å². The van der Waals surface area contributed by atoms with Crippen LogP contribution in [-0.4, -0.2) is 29.8 Å². The normalized spacial score (nSPS) is 14.7. The van der Waals surface area contributed by atoms with Gasteiger partial charge >= 0.3 is 0 Å². The lowest BCUT2D eigenvalue weighted by Gasteiger charge is -2.25. The highest BCUT2D eigenvalue weighted by atomic mass is 16.2. The van der Waals surface area contributed by atoms with Crippen LogP contribution < -0.4 is 5.32 Å². The van der Waals surface area contributed by atoms with Gasteiger partial charge in [-0.1, -0.05) is 67.6 Å². The highest BCUT2D eigenvalue weighted by Gasteiger charge is 2.29. The van der Waals surface area contributed by atoms with E-state index in [0.29, 0.717) is 19.5 Å². The maximum absolute atomic E-state index is 13.1. The van der Waals surface area contributed by atoms with E-state index in [9.17, 15) is 9.59 Å². The van der Waals surface area contributed by atoms with Crippen LogP contribution in [0.15, 0.2) is 60.7 Å². The first-order valence-corrected chi connectivity index (χ1v) is 8.98. The monoisotopic (exact) mass is 348 g/mol. The second-order valence-corrected chi connectivity index (χ2v) is 6.53. The molecule has 2 aromatic rings. The van der Waals surface area contributed by atoms with Crippen LogP contribution in [0.5, 0.6) is 0 Å². The first-order chi connectivity index (χ1) is 12.6. The summed E-state index contributed by atoms with van der Waals surface area (Å²) in [6.45, 7) is 4.99. The number of rotatable bonds is 5. The van der Waals surface area contributed by atoms with E-state index in [1.165, 1.54) is 11.1 Å². The standard InChI is InChI=1S/C22H24N2O2/c1-3-20(25)23-21(17-10-5-4-6-11-17)22(26)24-14-13-18(15-24)19-12-8-7-9-16(19)2/h4-13,21H,3,14-15H2,1-2H3,(H,23,25). The van der Waals surface area contributed by atoms with Crippen molar-refractivity contribution in [3.63, 3.8) is 0 Å². The molecule has 0 bridgehead atoms. The van der Waals surface area contributed by atoms with Gasteiger partial charge in [0.05, 0.1) is 0 Å². The smallest absolute Gasteiger partial charge is 0.250 e. The van der Waals surface area contributed by atoms with Crippen LogP contribution in [0.1, 0.15) is 36.1 Å². The number of carbonyl (C=O) groups excluding carboxylic acids is 2. The van der Waals surface area contributed by atoms with Gasteiger partial charge in [-0.15, -0.1) is 0 Å². The lowest BCUT2D eigenvalue weighted by Crippen LogP contribution is -2.42. The molecule has 2 aromatic carbocycles. The fraction of sp³-hybridized carbons (Fsp3) is 0.273. The molecule has 0 radical (unpaired) electrons. The number of amides is 2. The third kappa shape index (κ3) is 3.85. The molecular weight excluding hydrogens is 324 g/mol. The van der Waals surface area contributed by atoms with E-state index in [-0.39, 0.29) is 11.8 Å². The Morgan fingerprint density at radius 1 is 1.08 bits per heavy atom. The summed E-state index contributed by atoms with van der Waals surface area (Å²) in [7, 11) is 0. The SMILES string of the molecule is CCC(=O)NC(C(=O)N1CC=C(c2ccccc2C)C1)c1ccccc1. The number of benzene rings is 2. The van der Waals surface area contributed by atoms with Gasteiger partial charge in [-0.05, 0) is 29.2 Å². The van der Waals surface area contributed by atoms with Crippen molar-refractivity contribution in [3.8, 4) is 0 Å². The fourth-order valence-corrected chi connectivity index (χ4v) is 3.23. The minimum atomic E-state index is -0.645. The molecule has 1 aliphatic heterocycles. The van der Waals surface area contributed by atoms with Crippen LogP contribution in [0.4, 0.5) is 0 Å². The predicted molar refractivity (Wildman–Crippen MR) is 103 cm³/mol. The maximum atomic E-state index is 13.1. The quantitative estimate of drug-likeness (QED) is 0.899. The molecule has 0 spiro atoms. The zero-order chi connectivity index (χ0) is 18.5. The number of hydrogen-bond donors (Lipinski definition) is 1. The predicted octanol–water partition coefficient (Wildman–Crippen LogP) is 3.49. The van der Waals surface area contributed by atoms with Gasteiger partial charge in [-0.2, -0.15) is 0 Å². The molecule has 1 N–H and O–H groups in total. The summed E-state index contributed by atoms with van der Waals surface area (Å²) >= 11 is 0. The zero-order valence-electron chi connectivity index (χ0n) is 15.2. The first-order valence-electron chi connectivity index (χ1n) is 8.98. The van der Waals surface area contributed by atoms with E-state index >= 15 is 0 Å². The molecule has 0 aromatic heterocycles. The molecule has 1 aliphatic rings. The molecular formula is C22H24N2O2. The topological polar surface area (TPSA) is 49.4 Å². The Morgan fingerprint density at radius 3 is 2.46 bits per heavy atom. The third-order valence-electron chi connectivity index (χ3n) is 4.73. The Bertz CT molecular complexity index is 827. The second kappa shape index (κ2) is 8.00. The molecule has 2 amide bonds. The molecule has 3 rings (SSSR count). The van der Waals surface area contributed by atoms with Crippen LogP contribution >= 0.6 is 0 Å². The molecule has 0 fully saturated rings. The summed E-state index contributed by atoms with van der Waals surface area (Å²) in [6, 6.07) is 17.0. The number of carbonyl (C=O) groups is 2. The molecule has 1 atom stereocenters. The van der Waals surface area contributed by atoms with Crippen molar-refractivity contribution in [1.82, 2.24) is 10.2 Å². The Balaban J connectivity index is 1.78. The number of aryl methyl sites for hydroxylation is 1. The molecule has 4 heteroatoms. The Labute approximate surface area is 154 Å². The lowest BCUT2D eigenvalue weighted by molar-refractivity contribution is -0.135. The molecule has 1 heterocycles. The van der Waals surface area contributed by atoms with Crippen molar-refractivity contribution in [2.24, 2.45) is 0 Å².